The highest BCUT2D eigenvalue weighted by molar-refractivity contribution is 4.88. The number of hydrogen-bond acceptors (Lipinski definition) is 3. The molecule has 1 N–H and O–H groups in total. The highest BCUT2D eigenvalue weighted by Gasteiger charge is 2.31. The van der Waals surface area contributed by atoms with Crippen LogP contribution >= 0.6 is 0 Å². The maximum absolute atomic E-state index is 4.08. The molecule has 4 heteroatoms. The van der Waals surface area contributed by atoms with E-state index >= 15 is 0 Å². The molecule has 102 valence electrons. The lowest BCUT2D eigenvalue weighted by Crippen LogP contribution is -2.56. The van der Waals surface area contributed by atoms with E-state index in [1.54, 1.807) is 0 Å². The van der Waals surface area contributed by atoms with Crippen LogP contribution in [0, 0.1) is 5.41 Å². The van der Waals surface area contributed by atoms with Gasteiger partial charge in [0.2, 0.25) is 0 Å². The van der Waals surface area contributed by atoms with Crippen LogP contribution in [-0.4, -0.2) is 46.7 Å². The molecule has 4 nitrogen and oxygen atoms in total. The topological polar surface area (TPSA) is 33.1 Å². The van der Waals surface area contributed by atoms with E-state index in [2.05, 4.69) is 40.5 Å². The van der Waals surface area contributed by atoms with Gasteiger partial charge in [-0.3, -0.25) is 4.90 Å². The third kappa shape index (κ3) is 3.56. The molecule has 18 heavy (non-hydrogen) atoms. The number of aromatic nitrogens is 2. The van der Waals surface area contributed by atoms with E-state index in [4.69, 9.17) is 0 Å². The minimum Gasteiger partial charge on any atom is -0.337 e. The molecular weight excluding hydrogens is 224 g/mol. The number of nitrogens with one attached hydrogen (secondary N) is 1. The number of nitrogens with zero attached hydrogens (tertiary/aromatic N) is 3. The largest absolute Gasteiger partial charge is 0.337 e. The fraction of sp³-hybridized carbons (Fsp3) is 0.786. The average molecular weight is 250 g/mol. The van der Waals surface area contributed by atoms with Crippen LogP contribution in [0.4, 0.5) is 0 Å². The predicted octanol–water partition coefficient (Wildman–Crippen LogP) is 1.59. The van der Waals surface area contributed by atoms with E-state index in [0.29, 0.717) is 11.5 Å². The minimum absolute atomic E-state index is 0.350. The lowest BCUT2D eigenvalue weighted by molar-refractivity contribution is 0.0734. The fourth-order valence-corrected chi connectivity index (χ4v) is 2.74. The summed E-state index contributed by atoms with van der Waals surface area (Å²) in [6.07, 6.45) is 6.99. The molecule has 1 fully saturated rings. The summed E-state index contributed by atoms with van der Waals surface area (Å²) in [7, 11) is 0. The Morgan fingerprint density at radius 1 is 1.33 bits per heavy atom. The zero-order valence-corrected chi connectivity index (χ0v) is 11.9. The number of imidazole rings is 1. The van der Waals surface area contributed by atoms with Crippen LogP contribution in [0.25, 0.3) is 0 Å². The van der Waals surface area contributed by atoms with Gasteiger partial charge in [0.05, 0.1) is 6.33 Å². The zero-order chi connectivity index (χ0) is 13.0. The monoisotopic (exact) mass is 250 g/mol. The standard InChI is InChI=1S/C14H26N4/c1-14(2,3)13-11-15-6-10-18(13)8-4-7-17-9-5-16-12-17/h5,9,12-13,15H,4,6-8,10-11H2,1-3H3. The molecule has 1 saturated heterocycles. The molecule has 1 aliphatic rings. The van der Waals surface area contributed by atoms with Crippen molar-refractivity contribution in [1.29, 1.82) is 0 Å². The molecule has 0 spiro atoms. The first-order chi connectivity index (χ1) is 8.57. The van der Waals surface area contributed by atoms with Crippen molar-refractivity contribution < 1.29 is 0 Å². The van der Waals surface area contributed by atoms with Crippen LogP contribution in [0.5, 0.6) is 0 Å². The van der Waals surface area contributed by atoms with E-state index in [1.807, 2.05) is 18.7 Å². The molecule has 0 aliphatic carbocycles. The van der Waals surface area contributed by atoms with Crippen LogP contribution in [0.2, 0.25) is 0 Å². The maximum Gasteiger partial charge on any atom is 0.0945 e. The van der Waals surface area contributed by atoms with Gasteiger partial charge in [0, 0.05) is 51.2 Å². The number of aryl methyl sites for hydroxylation is 1. The molecular formula is C14H26N4. The van der Waals surface area contributed by atoms with Gasteiger partial charge in [-0.25, -0.2) is 4.98 Å². The van der Waals surface area contributed by atoms with Crippen molar-refractivity contribution in [2.75, 3.05) is 26.2 Å². The van der Waals surface area contributed by atoms with Crippen molar-refractivity contribution in [3.05, 3.63) is 18.7 Å². The molecule has 0 radical (unpaired) electrons. The van der Waals surface area contributed by atoms with E-state index in [1.165, 1.54) is 19.5 Å². The van der Waals surface area contributed by atoms with Crippen molar-refractivity contribution in [2.24, 2.45) is 5.41 Å². The third-order valence-corrected chi connectivity index (χ3v) is 3.77. The van der Waals surface area contributed by atoms with E-state index < -0.39 is 0 Å². The first-order valence-electron chi connectivity index (χ1n) is 6.98. The molecule has 1 aliphatic heterocycles. The molecule has 2 heterocycles. The summed E-state index contributed by atoms with van der Waals surface area (Å²) >= 11 is 0. The molecule has 0 aromatic carbocycles. The minimum atomic E-state index is 0.350. The van der Waals surface area contributed by atoms with Crippen LogP contribution in [0.1, 0.15) is 27.2 Å². The molecule has 0 amide bonds. The van der Waals surface area contributed by atoms with Gasteiger partial charge in [-0.15, -0.1) is 0 Å². The first-order valence-corrected chi connectivity index (χ1v) is 6.98. The lowest BCUT2D eigenvalue weighted by atomic mass is 9.84. The van der Waals surface area contributed by atoms with Crippen molar-refractivity contribution in [3.63, 3.8) is 0 Å². The molecule has 1 aromatic heterocycles. The smallest absolute Gasteiger partial charge is 0.0945 e. The summed E-state index contributed by atoms with van der Waals surface area (Å²) in [5.41, 5.74) is 0.350. The fourth-order valence-electron chi connectivity index (χ4n) is 2.74. The second-order valence-corrected chi connectivity index (χ2v) is 6.28. The van der Waals surface area contributed by atoms with E-state index in [-0.39, 0.29) is 0 Å². The van der Waals surface area contributed by atoms with Crippen molar-refractivity contribution in [2.45, 2.75) is 39.8 Å². The number of rotatable bonds is 4. The predicted molar refractivity (Wildman–Crippen MR) is 74.5 cm³/mol. The summed E-state index contributed by atoms with van der Waals surface area (Å²) in [5.74, 6) is 0. The summed E-state index contributed by atoms with van der Waals surface area (Å²) < 4.78 is 2.16. The van der Waals surface area contributed by atoms with Gasteiger partial charge >= 0.3 is 0 Å². The molecule has 1 unspecified atom stereocenters. The first kappa shape index (κ1) is 13.6. The summed E-state index contributed by atoms with van der Waals surface area (Å²) in [5, 5.41) is 3.52. The molecule has 1 atom stereocenters. The van der Waals surface area contributed by atoms with Gasteiger partial charge in [-0.05, 0) is 11.8 Å². The summed E-state index contributed by atoms with van der Waals surface area (Å²) in [4.78, 5) is 6.73. The lowest BCUT2D eigenvalue weighted by Gasteiger charge is -2.43. The van der Waals surface area contributed by atoms with Crippen LogP contribution in [-0.2, 0) is 6.54 Å². The van der Waals surface area contributed by atoms with Gasteiger partial charge in [0.25, 0.3) is 0 Å². The van der Waals surface area contributed by atoms with Crippen molar-refractivity contribution in [3.8, 4) is 0 Å². The molecule has 0 saturated carbocycles. The van der Waals surface area contributed by atoms with Gasteiger partial charge in [-0.2, -0.15) is 0 Å². The Labute approximate surface area is 110 Å². The Kier molecular flexibility index (Phi) is 4.40. The Morgan fingerprint density at radius 3 is 2.83 bits per heavy atom. The Morgan fingerprint density at radius 2 is 2.17 bits per heavy atom. The molecule has 2 rings (SSSR count). The SMILES string of the molecule is CC(C)(C)C1CNCCN1CCCn1ccnc1. The van der Waals surface area contributed by atoms with Gasteiger partial charge < -0.3 is 9.88 Å². The number of piperazine rings is 1. The molecule has 1 aromatic rings. The van der Waals surface area contributed by atoms with Gasteiger partial charge in [0.1, 0.15) is 0 Å². The van der Waals surface area contributed by atoms with Crippen LogP contribution in [0.3, 0.4) is 0 Å². The Balaban J connectivity index is 1.82. The van der Waals surface area contributed by atoms with Crippen molar-refractivity contribution >= 4 is 0 Å². The zero-order valence-electron chi connectivity index (χ0n) is 11.9. The van der Waals surface area contributed by atoms with Gasteiger partial charge in [-0.1, -0.05) is 20.8 Å². The maximum atomic E-state index is 4.08. The summed E-state index contributed by atoms with van der Waals surface area (Å²) in [6.45, 7) is 12.7. The second kappa shape index (κ2) is 5.85. The van der Waals surface area contributed by atoms with Crippen LogP contribution < -0.4 is 5.32 Å². The molecule has 0 bridgehead atoms. The average Bonchev–Trinajstić information content (AvgIpc) is 2.81. The highest BCUT2D eigenvalue weighted by atomic mass is 15.2. The Bertz CT molecular complexity index is 339. The van der Waals surface area contributed by atoms with E-state index in [0.717, 1.165) is 19.6 Å². The number of hydrogen-bond donors (Lipinski definition) is 1. The quantitative estimate of drug-likeness (QED) is 0.881. The second-order valence-electron chi connectivity index (χ2n) is 6.28. The Hall–Kier alpha value is -0.870. The van der Waals surface area contributed by atoms with Gasteiger partial charge in [0.15, 0.2) is 0 Å². The van der Waals surface area contributed by atoms with E-state index in [9.17, 15) is 0 Å². The highest BCUT2D eigenvalue weighted by Crippen LogP contribution is 2.25. The van der Waals surface area contributed by atoms with Crippen molar-refractivity contribution in [1.82, 2.24) is 19.8 Å². The third-order valence-electron chi connectivity index (χ3n) is 3.77. The summed E-state index contributed by atoms with van der Waals surface area (Å²) in [6, 6.07) is 0.647. The normalized spacial score (nSPS) is 22.3. The van der Waals surface area contributed by atoms with Crippen LogP contribution in [0.15, 0.2) is 18.7 Å².